The summed E-state index contributed by atoms with van der Waals surface area (Å²) < 4.78 is 34.0. The van der Waals surface area contributed by atoms with E-state index in [2.05, 4.69) is 5.32 Å². The van der Waals surface area contributed by atoms with E-state index in [4.69, 9.17) is 4.74 Å². The average Bonchev–Trinajstić information content (AvgIpc) is 2.83. The molecule has 1 aliphatic rings. The number of urea groups is 1. The van der Waals surface area contributed by atoms with Gasteiger partial charge in [-0.1, -0.05) is 24.3 Å². The summed E-state index contributed by atoms with van der Waals surface area (Å²) in [7, 11) is 0. The van der Waals surface area contributed by atoms with Crippen LogP contribution in [0.4, 0.5) is 13.6 Å². The highest BCUT2D eigenvalue weighted by atomic mass is 19.1. The molecule has 2 N–H and O–H groups in total. The topological polar surface area (TPSA) is 78.9 Å². The van der Waals surface area contributed by atoms with Crippen molar-refractivity contribution >= 4 is 12.0 Å². The summed E-state index contributed by atoms with van der Waals surface area (Å²) in [4.78, 5) is 25.7. The van der Waals surface area contributed by atoms with E-state index >= 15 is 0 Å². The number of amides is 2. The molecule has 0 saturated carbocycles. The molecular weight excluding hydrogens is 454 g/mol. The van der Waals surface area contributed by atoms with Crippen molar-refractivity contribution in [1.29, 1.82) is 0 Å². The summed E-state index contributed by atoms with van der Waals surface area (Å²) in [6, 6.07) is 13.9. The lowest BCUT2D eigenvalue weighted by Crippen LogP contribution is -2.42. The van der Waals surface area contributed by atoms with E-state index in [9.17, 15) is 23.5 Å². The highest BCUT2D eigenvalue weighted by molar-refractivity contribution is 5.79. The molecule has 0 fully saturated rings. The van der Waals surface area contributed by atoms with Crippen LogP contribution in [0.1, 0.15) is 29.2 Å². The first-order valence-electron chi connectivity index (χ1n) is 11.4. The molecule has 182 valence electrons. The molecule has 0 radical (unpaired) electrons. The van der Waals surface area contributed by atoms with Crippen molar-refractivity contribution in [3.8, 4) is 16.9 Å². The summed E-state index contributed by atoms with van der Waals surface area (Å²) in [5.74, 6) is -1.12. The molecule has 0 aromatic heterocycles. The second kappa shape index (κ2) is 10.5. The zero-order chi connectivity index (χ0) is 24.9. The Bertz CT molecular complexity index is 1260. The fraction of sp³-hybridized carbons (Fsp3) is 0.259. The SMILES string of the molecule is CCOc1ccc(CC(=O)O)cc1-c1ccc(F)c2c1CN(C(=O)NCc1cccc(F)c1)CC2. The molecule has 0 aliphatic carbocycles. The maximum atomic E-state index is 14.7. The minimum Gasteiger partial charge on any atom is -0.493 e. The van der Waals surface area contributed by atoms with Gasteiger partial charge in [0.1, 0.15) is 17.4 Å². The van der Waals surface area contributed by atoms with Gasteiger partial charge in [-0.2, -0.15) is 0 Å². The number of carbonyl (C=O) groups is 2. The van der Waals surface area contributed by atoms with Crippen LogP contribution in [-0.4, -0.2) is 35.2 Å². The number of carbonyl (C=O) groups excluding carboxylic acids is 1. The number of carboxylic acids is 1. The molecule has 0 unspecified atom stereocenters. The Morgan fingerprint density at radius 3 is 2.60 bits per heavy atom. The summed E-state index contributed by atoms with van der Waals surface area (Å²) in [5, 5.41) is 12.0. The van der Waals surface area contributed by atoms with Crippen LogP contribution < -0.4 is 10.1 Å². The Hall–Kier alpha value is -3.94. The molecule has 0 bridgehead atoms. The molecule has 1 heterocycles. The number of fused-ring (bicyclic) bond motifs is 1. The van der Waals surface area contributed by atoms with Gasteiger partial charge in [0.25, 0.3) is 0 Å². The van der Waals surface area contributed by atoms with E-state index < -0.39 is 5.97 Å². The Morgan fingerprint density at radius 2 is 1.86 bits per heavy atom. The fourth-order valence-corrected chi connectivity index (χ4v) is 4.35. The van der Waals surface area contributed by atoms with E-state index in [1.165, 1.54) is 18.2 Å². The molecule has 3 aromatic carbocycles. The zero-order valence-corrected chi connectivity index (χ0v) is 19.3. The molecule has 2 amide bonds. The van der Waals surface area contributed by atoms with Crippen LogP contribution in [0, 0.1) is 11.6 Å². The van der Waals surface area contributed by atoms with Gasteiger partial charge >= 0.3 is 12.0 Å². The highest BCUT2D eigenvalue weighted by Crippen LogP contribution is 2.38. The first-order valence-corrected chi connectivity index (χ1v) is 11.4. The van der Waals surface area contributed by atoms with E-state index in [0.29, 0.717) is 58.7 Å². The normalized spacial score (nSPS) is 12.7. The maximum absolute atomic E-state index is 14.7. The molecule has 35 heavy (non-hydrogen) atoms. The van der Waals surface area contributed by atoms with Crippen LogP contribution in [0.5, 0.6) is 5.75 Å². The van der Waals surface area contributed by atoms with Gasteiger partial charge in [0.05, 0.1) is 13.0 Å². The predicted molar refractivity (Wildman–Crippen MR) is 127 cm³/mol. The van der Waals surface area contributed by atoms with E-state index in [1.54, 1.807) is 41.3 Å². The number of nitrogens with zero attached hydrogens (tertiary/aromatic N) is 1. The van der Waals surface area contributed by atoms with E-state index in [0.717, 1.165) is 0 Å². The van der Waals surface area contributed by atoms with Gasteiger partial charge in [-0.15, -0.1) is 0 Å². The number of hydrogen-bond donors (Lipinski definition) is 2. The number of rotatable bonds is 7. The number of aliphatic carboxylic acids is 1. The van der Waals surface area contributed by atoms with Crippen molar-refractivity contribution in [2.24, 2.45) is 0 Å². The number of ether oxygens (including phenoxy) is 1. The van der Waals surface area contributed by atoms with Crippen LogP contribution >= 0.6 is 0 Å². The maximum Gasteiger partial charge on any atom is 0.317 e. The molecular formula is C27H26F2N2O4. The Morgan fingerprint density at radius 1 is 1.03 bits per heavy atom. The van der Waals surface area contributed by atoms with Crippen LogP contribution in [-0.2, 0) is 30.7 Å². The van der Waals surface area contributed by atoms with Crippen molar-refractivity contribution in [3.63, 3.8) is 0 Å². The number of benzene rings is 3. The summed E-state index contributed by atoms with van der Waals surface area (Å²) >= 11 is 0. The van der Waals surface area contributed by atoms with Crippen molar-refractivity contribution in [3.05, 3.63) is 88.5 Å². The van der Waals surface area contributed by atoms with E-state index in [1.807, 2.05) is 6.92 Å². The quantitative estimate of drug-likeness (QED) is 0.503. The Kier molecular flexibility index (Phi) is 7.29. The smallest absolute Gasteiger partial charge is 0.317 e. The van der Waals surface area contributed by atoms with Crippen molar-refractivity contribution in [2.45, 2.75) is 32.9 Å². The third kappa shape index (κ3) is 5.59. The Labute approximate surface area is 202 Å². The minimum absolute atomic E-state index is 0.155. The fourth-order valence-electron chi connectivity index (χ4n) is 4.35. The zero-order valence-electron chi connectivity index (χ0n) is 19.3. The molecule has 4 rings (SSSR count). The van der Waals surface area contributed by atoms with Crippen LogP contribution in [0.2, 0.25) is 0 Å². The second-order valence-corrected chi connectivity index (χ2v) is 8.35. The van der Waals surface area contributed by atoms with Gasteiger partial charge in [0, 0.05) is 25.2 Å². The largest absolute Gasteiger partial charge is 0.493 e. The Balaban J connectivity index is 1.64. The minimum atomic E-state index is -0.956. The third-order valence-corrected chi connectivity index (χ3v) is 5.96. The van der Waals surface area contributed by atoms with Gasteiger partial charge in [0.2, 0.25) is 0 Å². The van der Waals surface area contributed by atoms with Crippen LogP contribution in [0.3, 0.4) is 0 Å². The molecule has 0 spiro atoms. The predicted octanol–water partition coefficient (Wildman–Crippen LogP) is 4.93. The van der Waals surface area contributed by atoms with Crippen molar-refractivity contribution < 1.29 is 28.2 Å². The summed E-state index contributed by atoms with van der Waals surface area (Å²) in [6.07, 6.45) is 0.179. The van der Waals surface area contributed by atoms with Crippen molar-refractivity contribution in [1.82, 2.24) is 10.2 Å². The summed E-state index contributed by atoms with van der Waals surface area (Å²) in [6.45, 7) is 2.93. The average molecular weight is 481 g/mol. The number of hydrogen-bond acceptors (Lipinski definition) is 3. The molecule has 0 atom stereocenters. The second-order valence-electron chi connectivity index (χ2n) is 8.35. The van der Waals surface area contributed by atoms with Gasteiger partial charge in [-0.25, -0.2) is 13.6 Å². The first kappa shape index (κ1) is 24.2. The molecule has 0 saturated heterocycles. The standard InChI is InChI=1S/C27H26F2N2O4/c1-2-35-25-9-6-17(14-26(32)33)13-22(25)20-7-8-24(29)21-10-11-31(16-23(20)21)27(34)30-15-18-4-3-5-19(28)12-18/h3-9,12-13H,2,10-11,14-16H2,1H3,(H,30,34)(H,32,33). The van der Waals surface area contributed by atoms with E-state index in [-0.39, 0.29) is 37.2 Å². The molecule has 3 aromatic rings. The number of nitrogens with one attached hydrogen (secondary N) is 1. The van der Waals surface area contributed by atoms with Gasteiger partial charge in [-0.05, 0) is 71.5 Å². The van der Waals surface area contributed by atoms with Gasteiger partial charge in [0.15, 0.2) is 0 Å². The van der Waals surface area contributed by atoms with Gasteiger partial charge in [-0.3, -0.25) is 4.79 Å². The lowest BCUT2D eigenvalue weighted by atomic mass is 9.89. The lowest BCUT2D eigenvalue weighted by molar-refractivity contribution is -0.136. The number of halogens is 2. The first-order chi connectivity index (χ1) is 16.9. The molecule has 1 aliphatic heterocycles. The van der Waals surface area contributed by atoms with Gasteiger partial charge < -0.3 is 20.1 Å². The molecule has 6 nitrogen and oxygen atoms in total. The number of carboxylic acid groups (broad SMARTS) is 1. The monoisotopic (exact) mass is 480 g/mol. The summed E-state index contributed by atoms with van der Waals surface area (Å²) in [5.41, 5.74) is 3.77. The lowest BCUT2D eigenvalue weighted by Gasteiger charge is -2.31. The highest BCUT2D eigenvalue weighted by Gasteiger charge is 2.26. The third-order valence-electron chi connectivity index (χ3n) is 5.96. The molecule has 8 heteroatoms. The van der Waals surface area contributed by atoms with Crippen LogP contribution in [0.15, 0.2) is 54.6 Å². The van der Waals surface area contributed by atoms with Crippen molar-refractivity contribution in [2.75, 3.05) is 13.2 Å². The van der Waals surface area contributed by atoms with Crippen LogP contribution in [0.25, 0.3) is 11.1 Å².